The number of aliphatic imine (C=N–C) groups is 3. The minimum absolute atomic E-state index is 0.000270. The van der Waals surface area contributed by atoms with Gasteiger partial charge in [0.2, 0.25) is 17.5 Å². The molecule has 450 valence electrons. The van der Waals surface area contributed by atoms with Gasteiger partial charge < -0.3 is 15.0 Å². The van der Waals surface area contributed by atoms with Crippen molar-refractivity contribution >= 4 is 33.9 Å². The first-order valence-corrected chi connectivity index (χ1v) is 27.4. The Morgan fingerprint density at radius 2 is 0.489 bits per heavy atom. The Balaban J connectivity index is 1.17. The molecule has 0 saturated carbocycles. The van der Waals surface area contributed by atoms with Gasteiger partial charge in [0, 0.05) is 50.9 Å². The van der Waals surface area contributed by atoms with Gasteiger partial charge in [0.15, 0.2) is 69.8 Å². The van der Waals surface area contributed by atoms with E-state index in [0.29, 0.717) is 16.7 Å². The van der Waals surface area contributed by atoms with Gasteiger partial charge in [-0.1, -0.05) is 91.0 Å². The maximum atomic E-state index is 16.6. The van der Waals surface area contributed by atoms with E-state index in [0.717, 1.165) is 0 Å². The van der Waals surface area contributed by atoms with Crippen LogP contribution in [0.15, 0.2) is 196 Å². The number of nitrogens with zero attached hydrogens (tertiary/aromatic N) is 3. The fraction of sp³-hybridized carbons (Fsp3) is 0.0870. The van der Waals surface area contributed by atoms with Gasteiger partial charge in [-0.25, -0.2) is 65.9 Å². The number of allylic oxidation sites excluding steroid dienone is 6. The van der Waals surface area contributed by atoms with Crippen LogP contribution in [0.2, 0.25) is 0 Å². The van der Waals surface area contributed by atoms with Crippen LogP contribution in [0.1, 0.15) is 88.3 Å². The van der Waals surface area contributed by atoms with Gasteiger partial charge in [0.1, 0.15) is 0 Å². The lowest BCUT2D eigenvalue weighted by Crippen LogP contribution is -2.38. The molecule has 12 bridgehead atoms. The molecule has 90 heavy (non-hydrogen) atoms. The lowest BCUT2D eigenvalue weighted by molar-refractivity contribution is 0.376. The fourth-order valence-electron chi connectivity index (χ4n) is 12.2. The molecule has 0 fully saturated rings. The first kappa shape index (κ1) is 58.6. The van der Waals surface area contributed by atoms with Crippen molar-refractivity contribution in [3.8, 4) is 0 Å². The van der Waals surface area contributed by atoms with E-state index in [-0.39, 0.29) is 51.3 Å². The summed E-state index contributed by atoms with van der Waals surface area (Å²) in [4.78, 5) is 23.8. The summed E-state index contributed by atoms with van der Waals surface area (Å²) < 4.78 is 238. The number of aromatic nitrogens is 3. The van der Waals surface area contributed by atoms with Gasteiger partial charge in [-0.05, 0) is 110 Å². The lowest BCUT2D eigenvalue weighted by atomic mass is 9.74. The number of hydrogen-bond donors (Lipinski definition) is 3. The third kappa shape index (κ3) is 8.63. The molecular formula is C69H39F15N6. The number of nitrogens with one attached hydrogen (secondary N) is 3. The van der Waals surface area contributed by atoms with Crippen LogP contribution in [0.5, 0.6) is 0 Å². The lowest BCUT2D eigenvalue weighted by Gasteiger charge is -2.30. The van der Waals surface area contributed by atoms with Crippen molar-refractivity contribution in [3.05, 3.63) is 336 Å². The Bertz CT molecular complexity index is 4780. The highest BCUT2D eigenvalue weighted by Gasteiger charge is 2.44. The Morgan fingerprint density at radius 3 is 0.778 bits per heavy atom. The van der Waals surface area contributed by atoms with E-state index in [2.05, 4.69) is 15.0 Å². The van der Waals surface area contributed by atoms with Gasteiger partial charge in [0.25, 0.3) is 0 Å². The van der Waals surface area contributed by atoms with Crippen molar-refractivity contribution < 1.29 is 65.9 Å². The van der Waals surface area contributed by atoms with E-state index in [1.165, 1.54) is 72.9 Å². The number of H-pyrrole nitrogens is 3. The van der Waals surface area contributed by atoms with Crippen LogP contribution in [0.25, 0.3) is 16.7 Å². The Morgan fingerprint density at radius 1 is 0.256 bits per heavy atom. The van der Waals surface area contributed by atoms with Crippen molar-refractivity contribution in [3.63, 3.8) is 0 Å². The second-order valence-electron chi connectivity index (χ2n) is 21.9. The van der Waals surface area contributed by atoms with Crippen LogP contribution < -0.4 is 0 Å². The summed E-state index contributed by atoms with van der Waals surface area (Å²) in [5.41, 5.74) is -12.0. The molecule has 4 aliphatic rings. The molecule has 0 unspecified atom stereocenters. The maximum absolute atomic E-state index is 16.6. The van der Waals surface area contributed by atoms with E-state index in [1.54, 1.807) is 112 Å². The van der Waals surface area contributed by atoms with Crippen LogP contribution in [-0.4, -0.2) is 32.1 Å². The molecule has 0 spiro atoms. The topological polar surface area (TPSA) is 84.5 Å². The third-order valence-electron chi connectivity index (χ3n) is 17.1. The molecule has 0 radical (unpaired) electrons. The molecule has 6 aromatic carbocycles. The van der Waals surface area contributed by atoms with Crippen LogP contribution in [-0.2, 0) is 16.2 Å². The van der Waals surface area contributed by atoms with Crippen molar-refractivity contribution in [2.75, 3.05) is 0 Å². The molecule has 6 nitrogen and oxygen atoms in total. The predicted molar refractivity (Wildman–Crippen MR) is 308 cm³/mol. The van der Waals surface area contributed by atoms with Crippen molar-refractivity contribution in [2.24, 2.45) is 15.0 Å². The summed E-state index contributed by atoms with van der Waals surface area (Å²) in [6, 6.07) is 32.7. The summed E-state index contributed by atoms with van der Waals surface area (Å²) >= 11 is 0. The molecule has 0 amide bonds. The molecule has 3 atom stereocenters. The van der Waals surface area contributed by atoms with Crippen LogP contribution >= 0.6 is 0 Å². The minimum atomic E-state index is -2.48. The Kier molecular flexibility index (Phi) is 13.9. The van der Waals surface area contributed by atoms with Gasteiger partial charge in [-0.15, -0.1) is 0 Å². The zero-order valence-corrected chi connectivity index (χ0v) is 46.6. The Labute approximate surface area is 500 Å². The molecule has 0 aliphatic carbocycles. The number of hydrogen-bond acceptors (Lipinski definition) is 3. The van der Waals surface area contributed by atoms with Gasteiger partial charge in [0.05, 0.1) is 67.2 Å². The standard InChI is InChI=1S/C69H39F15N6/c1-67(31-13-7-4-8-14-31)40-25-19-34(85-40)46(49-52(70)58(76)64(82)59(77)53(49)71)36-21-27-42(87-36)68(2,32-15-9-5-10-16-32)44-29-23-38(89-44)48(51-56(74)62(80)66(84)63(81)57(51)75)39-24-30-45(90-39)69(3,33-17-11-6-12-18-33)43-28-22-37(88-43)47(35-20-26-41(67)86-35)50-54(72)60(78)65(83)61(79)55(50)73/h4-30,85-86,89H,1-3H3/b46-36+,47-37+,48-39+/t67-,68-,69+/m1/s1. The van der Waals surface area contributed by atoms with Crippen LogP contribution in [0.3, 0.4) is 0 Å². The molecular weight excluding hydrogens is 1200 g/mol. The van der Waals surface area contributed by atoms with Crippen LogP contribution in [0.4, 0.5) is 65.9 Å². The average molecular weight is 1240 g/mol. The van der Waals surface area contributed by atoms with Gasteiger partial charge in [-0.3, -0.25) is 15.0 Å². The van der Waals surface area contributed by atoms with E-state index in [4.69, 9.17) is 15.0 Å². The summed E-state index contributed by atoms with van der Waals surface area (Å²) in [7, 11) is 0. The molecule has 9 aromatic rings. The van der Waals surface area contributed by atoms with Crippen LogP contribution in [0, 0.1) is 87.3 Å². The summed E-state index contributed by atoms with van der Waals surface area (Å²) in [6.07, 6.45) is 7.77. The first-order valence-electron chi connectivity index (χ1n) is 27.4. The minimum Gasteiger partial charge on any atom is -0.357 e. The summed E-state index contributed by atoms with van der Waals surface area (Å²) in [5, 5.41) is 0. The van der Waals surface area contributed by atoms with Crippen molar-refractivity contribution in [2.45, 2.75) is 37.0 Å². The van der Waals surface area contributed by atoms with E-state index in [1.807, 2.05) is 0 Å². The monoisotopic (exact) mass is 1240 g/mol. The van der Waals surface area contributed by atoms with Crippen molar-refractivity contribution in [1.29, 1.82) is 0 Å². The molecule has 7 heterocycles. The zero-order chi connectivity index (χ0) is 63.6. The highest BCUT2D eigenvalue weighted by molar-refractivity contribution is 6.26. The van der Waals surface area contributed by atoms with E-state index >= 15 is 52.7 Å². The zero-order valence-electron chi connectivity index (χ0n) is 46.6. The first-order chi connectivity index (χ1) is 43.0. The Hall–Kier alpha value is -10.4. The predicted octanol–water partition coefficient (Wildman–Crippen LogP) is 17.4. The number of benzene rings is 6. The van der Waals surface area contributed by atoms with Gasteiger partial charge >= 0.3 is 0 Å². The highest BCUT2D eigenvalue weighted by atomic mass is 19.2. The highest BCUT2D eigenvalue weighted by Crippen LogP contribution is 2.47. The molecule has 4 aliphatic heterocycles. The number of fused-ring (bicyclic) bond motifs is 9. The molecule has 21 heteroatoms. The fourth-order valence-corrected chi connectivity index (χ4v) is 12.2. The number of halogens is 15. The summed E-state index contributed by atoms with van der Waals surface area (Å²) in [5.74, 6) is -34.9. The summed E-state index contributed by atoms with van der Waals surface area (Å²) in [6.45, 7) is 4.81. The van der Waals surface area contributed by atoms with Gasteiger partial charge in [-0.2, -0.15) is 0 Å². The molecule has 13 rings (SSSR count). The smallest absolute Gasteiger partial charge is 0.200 e. The third-order valence-corrected chi connectivity index (χ3v) is 17.1. The second kappa shape index (κ2) is 21.4. The SMILES string of the molecule is C[C@@]1(c2ccccc2)C2=N/C(=C(/c3c(F)c(F)c(F)c(F)c3F)c3ccc([nH]3)[C@](C)(c3ccccc3)C3=N/C(=C(/c4c(F)c(F)c(F)c(F)c4F)c4ccc([nH]4)[C@@](C)(c4ccccc4)c4ccc([nH]4)/C(c4c(F)c(F)c(F)c(F)c4F)=C4/C=CC1=N4)C=C3)C=C2. The average Bonchev–Trinajstić information content (AvgIpc) is 1.55. The van der Waals surface area contributed by atoms with Crippen molar-refractivity contribution in [1.82, 2.24) is 15.0 Å². The molecule has 3 N–H and O–H groups in total. The van der Waals surface area contributed by atoms with E-state index < -0.39 is 154 Å². The number of rotatable bonds is 6. The number of aromatic amines is 3. The largest absolute Gasteiger partial charge is 0.357 e. The maximum Gasteiger partial charge on any atom is 0.200 e. The normalized spacial score (nSPS) is 22.1. The quantitative estimate of drug-likeness (QED) is 0.0842. The van der Waals surface area contributed by atoms with E-state index in [9.17, 15) is 13.2 Å². The molecule has 3 aromatic heterocycles. The molecule has 0 saturated heterocycles. The second-order valence-corrected chi connectivity index (χ2v) is 21.9.